The van der Waals surface area contributed by atoms with Gasteiger partial charge in [0, 0.05) is 32.5 Å². The molecule has 0 saturated heterocycles. The Labute approximate surface area is 161 Å². The third-order valence-electron chi connectivity index (χ3n) is 2.85. The molecule has 137 valence electrons. The zero-order chi connectivity index (χ0) is 18.2. The Morgan fingerprint density at radius 3 is 2.50 bits per heavy atom. The van der Waals surface area contributed by atoms with Gasteiger partial charge in [-0.3, -0.25) is 4.98 Å². The van der Waals surface area contributed by atoms with Crippen LogP contribution in [-0.2, 0) is 20.1 Å². The molecule has 3 rings (SSSR count). The monoisotopic (exact) mass is 537 g/mol. The van der Waals surface area contributed by atoms with E-state index in [0.717, 1.165) is 6.07 Å². The maximum atomic E-state index is 13.3. The molecule has 0 unspecified atom stereocenters. The van der Waals surface area contributed by atoms with Crippen molar-refractivity contribution in [3.63, 3.8) is 0 Å². The molecule has 1 N–H and O–H groups in total. The molecule has 0 aliphatic heterocycles. The first-order valence-corrected chi connectivity index (χ1v) is 6.89. The van der Waals surface area contributed by atoms with Crippen LogP contribution >= 0.6 is 0 Å². The summed E-state index contributed by atoms with van der Waals surface area (Å²) < 4.78 is 30.9. The van der Waals surface area contributed by atoms with Gasteiger partial charge in [0.05, 0.1) is 7.11 Å². The van der Waals surface area contributed by atoms with E-state index in [2.05, 4.69) is 21.0 Å². The van der Waals surface area contributed by atoms with Crippen LogP contribution < -0.4 is 4.74 Å². The molecule has 3 heterocycles. The van der Waals surface area contributed by atoms with Crippen molar-refractivity contribution in [2.45, 2.75) is 0 Å². The molecule has 0 atom stereocenters. The Morgan fingerprint density at radius 1 is 1.19 bits per heavy atom. The van der Waals surface area contributed by atoms with E-state index in [-0.39, 0.29) is 31.4 Å². The van der Waals surface area contributed by atoms with Crippen LogP contribution in [0.15, 0.2) is 48.8 Å². The Kier molecular flexibility index (Phi) is 8.40. The minimum Gasteiger partial charge on any atom is -0.497 e. The van der Waals surface area contributed by atoms with Crippen LogP contribution in [0, 0.1) is 18.0 Å². The Hall–Kier alpha value is -2.77. The van der Waals surface area contributed by atoms with Crippen molar-refractivity contribution in [3.8, 4) is 17.0 Å². The number of carboxylic acids is 1. The van der Waals surface area contributed by atoms with Gasteiger partial charge in [-0.05, 0) is 30.0 Å². The molecule has 3 aromatic heterocycles. The normalized spacial score (nSPS) is 9.35. The van der Waals surface area contributed by atoms with E-state index in [1.165, 1.54) is 31.6 Å². The summed E-state index contributed by atoms with van der Waals surface area (Å²) in [4.78, 5) is 20.7. The Bertz CT molecular complexity index is 867. The standard InChI is InChI=1S/C11H7F2N2O.C6H5NO2.Ir/c1-16-7-4-5-14-9(6-7)8-2-3-10(12)15-11(8)13;8-6(9)5-3-1-2-4-7-5;/h3-6H,1H3;1-4H,(H,8,9);/q-1;;. The topological polar surface area (TPSA) is 85.2 Å². The quantitative estimate of drug-likeness (QED) is 0.409. The number of carbonyl (C=O) groups is 1. The third-order valence-corrected chi connectivity index (χ3v) is 2.85. The summed E-state index contributed by atoms with van der Waals surface area (Å²) in [6.45, 7) is 0. The Balaban J connectivity index is 0.000000290. The maximum Gasteiger partial charge on any atom is 0.354 e. The number of pyridine rings is 3. The molecule has 0 amide bonds. The smallest absolute Gasteiger partial charge is 0.354 e. The number of halogens is 2. The second-order valence-electron chi connectivity index (χ2n) is 4.49. The van der Waals surface area contributed by atoms with E-state index in [9.17, 15) is 13.6 Å². The van der Waals surface area contributed by atoms with E-state index < -0.39 is 17.9 Å². The number of hydrogen-bond donors (Lipinski definition) is 1. The predicted molar refractivity (Wildman–Crippen MR) is 84.0 cm³/mol. The number of carboxylic acid groups (broad SMARTS) is 1. The molecule has 3 aromatic rings. The summed E-state index contributed by atoms with van der Waals surface area (Å²) in [6.07, 6.45) is 2.91. The van der Waals surface area contributed by atoms with Crippen LogP contribution in [0.4, 0.5) is 8.78 Å². The van der Waals surface area contributed by atoms with Crippen molar-refractivity contribution < 1.29 is 43.5 Å². The third kappa shape index (κ3) is 5.94. The summed E-state index contributed by atoms with van der Waals surface area (Å²) in [7, 11) is 1.49. The summed E-state index contributed by atoms with van der Waals surface area (Å²) >= 11 is 0. The number of aromatic nitrogens is 3. The number of nitrogens with zero attached hydrogens (tertiary/aromatic N) is 3. The number of aromatic carboxylic acids is 1. The van der Waals surface area contributed by atoms with Crippen LogP contribution in [0.1, 0.15) is 10.5 Å². The second kappa shape index (κ2) is 10.3. The summed E-state index contributed by atoms with van der Waals surface area (Å²) in [6, 6.07) is 11.3. The molecular formula is C17H12F2IrN3O3-. The molecule has 0 bridgehead atoms. The van der Waals surface area contributed by atoms with Crippen LogP contribution in [0.3, 0.4) is 0 Å². The van der Waals surface area contributed by atoms with Gasteiger partial charge >= 0.3 is 5.97 Å². The zero-order valence-electron chi connectivity index (χ0n) is 13.3. The van der Waals surface area contributed by atoms with Gasteiger partial charge in [-0.15, -0.1) is 6.07 Å². The number of rotatable bonds is 3. The molecule has 6 nitrogen and oxygen atoms in total. The zero-order valence-corrected chi connectivity index (χ0v) is 15.7. The van der Waals surface area contributed by atoms with Gasteiger partial charge in [-0.25, -0.2) is 18.6 Å². The average Bonchev–Trinajstić information content (AvgIpc) is 2.63. The van der Waals surface area contributed by atoms with Crippen molar-refractivity contribution in [2.75, 3.05) is 7.11 Å². The van der Waals surface area contributed by atoms with Crippen molar-refractivity contribution in [1.82, 2.24) is 15.0 Å². The molecule has 26 heavy (non-hydrogen) atoms. The molecule has 0 aromatic carbocycles. The maximum absolute atomic E-state index is 13.3. The first-order valence-electron chi connectivity index (χ1n) is 6.89. The van der Waals surface area contributed by atoms with Crippen molar-refractivity contribution in [3.05, 3.63) is 72.4 Å². The number of hydrogen-bond acceptors (Lipinski definition) is 5. The van der Waals surface area contributed by atoms with E-state index in [1.807, 2.05) is 0 Å². The Morgan fingerprint density at radius 2 is 1.96 bits per heavy atom. The second-order valence-corrected chi connectivity index (χ2v) is 4.49. The van der Waals surface area contributed by atoms with Crippen LogP contribution in [0.25, 0.3) is 11.3 Å². The summed E-state index contributed by atoms with van der Waals surface area (Å²) in [5.74, 6) is -2.32. The molecular weight excluding hydrogens is 524 g/mol. The number of ether oxygens (including phenoxy) is 1. The minimum absolute atomic E-state index is 0. The van der Waals surface area contributed by atoms with Crippen LogP contribution in [0.5, 0.6) is 5.75 Å². The van der Waals surface area contributed by atoms with Crippen LogP contribution in [0.2, 0.25) is 0 Å². The molecule has 0 fully saturated rings. The van der Waals surface area contributed by atoms with Gasteiger partial charge in [0.15, 0.2) is 0 Å². The molecule has 0 aliphatic carbocycles. The largest absolute Gasteiger partial charge is 0.497 e. The van der Waals surface area contributed by atoms with Gasteiger partial charge in [-0.2, -0.15) is 0 Å². The van der Waals surface area contributed by atoms with E-state index in [4.69, 9.17) is 9.84 Å². The molecule has 9 heteroatoms. The van der Waals surface area contributed by atoms with Crippen molar-refractivity contribution in [1.29, 1.82) is 0 Å². The first kappa shape index (κ1) is 21.3. The molecule has 1 radical (unpaired) electrons. The van der Waals surface area contributed by atoms with Gasteiger partial charge in [0.25, 0.3) is 0 Å². The van der Waals surface area contributed by atoms with E-state index in [0.29, 0.717) is 11.4 Å². The minimum atomic E-state index is -0.990. The van der Waals surface area contributed by atoms with Gasteiger partial charge in [-0.1, -0.05) is 17.7 Å². The SMILES string of the molecule is COc1ccnc(-c2[c-]cc(F)nc2F)c1.O=C(O)c1ccccn1.[Ir]. The van der Waals surface area contributed by atoms with Gasteiger partial charge in [0.2, 0.25) is 0 Å². The number of methoxy groups -OCH3 is 1. The fourth-order valence-corrected chi connectivity index (χ4v) is 1.72. The van der Waals surface area contributed by atoms with Crippen molar-refractivity contribution in [2.24, 2.45) is 0 Å². The molecule has 0 spiro atoms. The summed E-state index contributed by atoms with van der Waals surface area (Å²) in [5, 5.41) is 8.32. The fraction of sp³-hybridized carbons (Fsp3) is 0.0588. The van der Waals surface area contributed by atoms with Crippen LogP contribution in [-0.4, -0.2) is 33.1 Å². The first-order chi connectivity index (χ1) is 12.0. The van der Waals surface area contributed by atoms with E-state index >= 15 is 0 Å². The van der Waals surface area contributed by atoms with Crippen molar-refractivity contribution >= 4 is 5.97 Å². The van der Waals surface area contributed by atoms with Gasteiger partial charge < -0.3 is 14.8 Å². The van der Waals surface area contributed by atoms with Gasteiger partial charge in [0.1, 0.15) is 23.3 Å². The predicted octanol–water partition coefficient (Wildman–Crippen LogP) is 3.01. The average molecular weight is 537 g/mol. The van der Waals surface area contributed by atoms with E-state index in [1.54, 1.807) is 18.2 Å². The fourth-order valence-electron chi connectivity index (χ4n) is 1.72. The molecule has 0 saturated carbocycles. The summed E-state index contributed by atoms with van der Waals surface area (Å²) in [5.41, 5.74) is 0.391. The molecule has 0 aliphatic rings.